The molecule has 0 radical (unpaired) electrons. The first-order chi connectivity index (χ1) is 14.5. The monoisotopic (exact) mass is 424 g/mol. The molecule has 30 heavy (non-hydrogen) atoms. The van der Waals surface area contributed by atoms with Crippen molar-refractivity contribution in [2.45, 2.75) is 13.5 Å². The lowest BCUT2D eigenvalue weighted by Gasteiger charge is -2.12. The van der Waals surface area contributed by atoms with Crippen molar-refractivity contribution < 1.29 is 19.4 Å². The molecule has 0 bridgehead atoms. The van der Waals surface area contributed by atoms with Crippen LogP contribution in [-0.2, 0) is 6.61 Å². The van der Waals surface area contributed by atoms with Gasteiger partial charge in [-0.05, 0) is 72.6 Å². The third-order valence-corrected chi connectivity index (χ3v) is 4.30. The number of hydrazone groups is 1. The Balaban J connectivity index is 1.65. The van der Waals surface area contributed by atoms with E-state index < -0.39 is 0 Å². The molecule has 0 heterocycles. The third kappa shape index (κ3) is 5.99. The van der Waals surface area contributed by atoms with Crippen LogP contribution in [0.2, 0.25) is 5.02 Å². The van der Waals surface area contributed by atoms with E-state index in [0.29, 0.717) is 35.3 Å². The number of aromatic hydroxyl groups is 1. The second-order valence-corrected chi connectivity index (χ2v) is 6.74. The zero-order valence-electron chi connectivity index (χ0n) is 16.3. The molecule has 7 heteroatoms. The van der Waals surface area contributed by atoms with Gasteiger partial charge in [0, 0.05) is 10.6 Å². The number of nitrogens with zero attached hydrogens (tertiary/aromatic N) is 1. The van der Waals surface area contributed by atoms with Gasteiger partial charge in [0.1, 0.15) is 12.4 Å². The van der Waals surface area contributed by atoms with Crippen LogP contribution >= 0.6 is 11.6 Å². The van der Waals surface area contributed by atoms with Crippen molar-refractivity contribution in [1.82, 2.24) is 5.43 Å². The molecule has 0 fully saturated rings. The lowest BCUT2D eigenvalue weighted by atomic mass is 10.2. The molecule has 0 aliphatic carbocycles. The van der Waals surface area contributed by atoms with Crippen LogP contribution in [0.1, 0.15) is 28.4 Å². The van der Waals surface area contributed by atoms with Crippen molar-refractivity contribution in [3.63, 3.8) is 0 Å². The summed E-state index contributed by atoms with van der Waals surface area (Å²) in [6.45, 7) is 2.72. The highest BCUT2D eigenvalue weighted by atomic mass is 35.5. The number of ether oxygens (including phenoxy) is 2. The van der Waals surface area contributed by atoms with Crippen LogP contribution in [0.25, 0.3) is 0 Å². The third-order valence-electron chi connectivity index (χ3n) is 4.06. The number of phenolic OH excluding ortho intramolecular Hbond substituents is 1. The van der Waals surface area contributed by atoms with Crippen LogP contribution in [0, 0.1) is 0 Å². The van der Waals surface area contributed by atoms with Gasteiger partial charge in [-0.3, -0.25) is 4.79 Å². The first-order valence-corrected chi connectivity index (χ1v) is 9.69. The number of phenols is 1. The molecule has 0 aliphatic heterocycles. The number of carbonyl (C=O) groups is 1. The Morgan fingerprint density at radius 1 is 1.07 bits per heavy atom. The molecular weight excluding hydrogens is 404 g/mol. The number of benzene rings is 3. The summed E-state index contributed by atoms with van der Waals surface area (Å²) < 4.78 is 11.6. The molecule has 1 amide bonds. The second-order valence-electron chi connectivity index (χ2n) is 6.30. The SMILES string of the molecule is CCOc1cc(/C=N\NC(=O)c2ccc(O)cc2)ccc1OCc1cccc(Cl)c1. The van der Waals surface area contributed by atoms with Gasteiger partial charge in [-0.25, -0.2) is 5.43 Å². The zero-order chi connectivity index (χ0) is 21.3. The normalized spacial score (nSPS) is 10.7. The predicted molar refractivity (Wildman–Crippen MR) is 117 cm³/mol. The molecule has 0 aliphatic rings. The highest BCUT2D eigenvalue weighted by Gasteiger charge is 2.07. The van der Waals surface area contributed by atoms with Crippen LogP contribution in [0.5, 0.6) is 17.2 Å². The number of hydrogen-bond acceptors (Lipinski definition) is 5. The summed E-state index contributed by atoms with van der Waals surface area (Å²) in [5.41, 5.74) is 4.53. The Hall–Kier alpha value is -3.51. The molecule has 0 saturated carbocycles. The minimum atomic E-state index is -0.377. The Morgan fingerprint density at radius 2 is 1.87 bits per heavy atom. The maximum atomic E-state index is 12.1. The minimum absolute atomic E-state index is 0.0937. The standard InChI is InChI=1S/C23H21ClN2O4/c1-2-29-22-13-16(14-25-26-23(28)18-7-9-20(27)10-8-18)6-11-21(22)30-15-17-4-3-5-19(24)12-17/h3-14,27H,2,15H2,1H3,(H,26,28)/b25-14-. The van der Waals surface area contributed by atoms with Gasteiger partial charge in [-0.2, -0.15) is 5.10 Å². The minimum Gasteiger partial charge on any atom is -0.508 e. The fourth-order valence-electron chi connectivity index (χ4n) is 2.62. The Kier molecular flexibility index (Phi) is 7.29. The van der Waals surface area contributed by atoms with Crippen molar-refractivity contribution in [3.8, 4) is 17.2 Å². The molecule has 0 aromatic heterocycles. The van der Waals surface area contributed by atoms with E-state index in [4.69, 9.17) is 21.1 Å². The number of carbonyl (C=O) groups excluding carboxylic acids is 1. The number of rotatable bonds is 8. The topological polar surface area (TPSA) is 80.2 Å². The maximum absolute atomic E-state index is 12.1. The number of nitrogens with one attached hydrogen (secondary N) is 1. The summed E-state index contributed by atoms with van der Waals surface area (Å²) in [4.78, 5) is 12.1. The number of amides is 1. The largest absolute Gasteiger partial charge is 0.508 e. The van der Waals surface area contributed by atoms with Gasteiger partial charge in [0.25, 0.3) is 5.91 Å². The van der Waals surface area contributed by atoms with E-state index in [-0.39, 0.29) is 11.7 Å². The molecule has 3 rings (SSSR count). The first kappa shape index (κ1) is 21.2. The highest BCUT2D eigenvalue weighted by Crippen LogP contribution is 2.29. The van der Waals surface area contributed by atoms with E-state index >= 15 is 0 Å². The Bertz CT molecular complexity index is 1040. The average molecular weight is 425 g/mol. The summed E-state index contributed by atoms with van der Waals surface area (Å²) >= 11 is 6.01. The molecule has 0 saturated heterocycles. The quantitative estimate of drug-likeness (QED) is 0.402. The van der Waals surface area contributed by atoms with Crippen LogP contribution in [0.3, 0.4) is 0 Å². The molecule has 6 nitrogen and oxygen atoms in total. The summed E-state index contributed by atoms with van der Waals surface area (Å²) in [6.07, 6.45) is 1.52. The van der Waals surface area contributed by atoms with Gasteiger partial charge in [0.2, 0.25) is 0 Å². The lowest BCUT2D eigenvalue weighted by Crippen LogP contribution is -2.17. The fraction of sp³-hybridized carbons (Fsp3) is 0.130. The van der Waals surface area contributed by atoms with Crippen molar-refractivity contribution in [2.24, 2.45) is 5.10 Å². The van der Waals surface area contributed by atoms with E-state index in [9.17, 15) is 9.90 Å². The summed E-state index contributed by atoms with van der Waals surface area (Å²) in [5, 5.41) is 13.9. The average Bonchev–Trinajstić information content (AvgIpc) is 2.74. The van der Waals surface area contributed by atoms with Gasteiger partial charge < -0.3 is 14.6 Å². The van der Waals surface area contributed by atoms with Gasteiger partial charge in [-0.1, -0.05) is 23.7 Å². The molecule has 2 N–H and O–H groups in total. The van der Waals surface area contributed by atoms with Crippen LogP contribution in [0.15, 0.2) is 71.8 Å². The van der Waals surface area contributed by atoms with Crippen molar-refractivity contribution in [3.05, 3.63) is 88.4 Å². The predicted octanol–water partition coefficient (Wildman–Crippen LogP) is 4.79. The lowest BCUT2D eigenvalue weighted by molar-refractivity contribution is 0.0955. The first-order valence-electron chi connectivity index (χ1n) is 9.31. The highest BCUT2D eigenvalue weighted by molar-refractivity contribution is 6.30. The maximum Gasteiger partial charge on any atom is 0.271 e. The van der Waals surface area contributed by atoms with Gasteiger partial charge >= 0.3 is 0 Å². The Labute approximate surface area is 179 Å². The molecule has 0 unspecified atom stereocenters. The molecule has 154 valence electrons. The zero-order valence-corrected chi connectivity index (χ0v) is 17.1. The van der Waals surface area contributed by atoms with Crippen LogP contribution in [-0.4, -0.2) is 23.8 Å². The van der Waals surface area contributed by atoms with Gasteiger partial charge in [0.15, 0.2) is 11.5 Å². The molecule has 0 spiro atoms. The van der Waals surface area contributed by atoms with Gasteiger partial charge in [0.05, 0.1) is 12.8 Å². The fourth-order valence-corrected chi connectivity index (χ4v) is 2.84. The van der Waals surface area contributed by atoms with Crippen molar-refractivity contribution in [2.75, 3.05) is 6.61 Å². The van der Waals surface area contributed by atoms with E-state index in [1.807, 2.05) is 37.3 Å². The Morgan fingerprint density at radius 3 is 2.60 bits per heavy atom. The van der Waals surface area contributed by atoms with Crippen molar-refractivity contribution in [1.29, 1.82) is 0 Å². The van der Waals surface area contributed by atoms with Gasteiger partial charge in [-0.15, -0.1) is 0 Å². The number of hydrogen-bond donors (Lipinski definition) is 2. The van der Waals surface area contributed by atoms with E-state index in [0.717, 1.165) is 11.1 Å². The summed E-state index contributed by atoms with van der Waals surface area (Å²) in [6, 6.07) is 18.8. The number of halogens is 1. The van der Waals surface area contributed by atoms with E-state index in [2.05, 4.69) is 10.5 Å². The molecule has 3 aromatic rings. The smallest absolute Gasteiger partial charge is 0.271 e. The van der Waals surface area contributed by atoms with Crippen LogP contribution in [0.4, 0.5) is 0 Å². The molecule has 3 aromatic carbocycles. The molecular formula is C23H21ClN2O4. The summed E-state index contributed by atoms with van der Waals surface area (Å²) in [7, 11) is 0. The van der Waals surface area contributed by atoms with Crippen LogP contribution < -0.4 is 14.9 Å². The van der Waals surface area contributed by atoms with Crippen molar-refractivity contribution >= 4 is 23.7 Å². The van der Waals surface area contributed by atoms with E-state index in [1.165, 1.54) is 30.5 Å². The second kappa shape index (κ2) is 10.3. The van der Waals surface area contributed by atoms with E-state index in [1.54, 1.807) is 12.1 Å². The summed E-state index contributed by atoms with van der Waals surface area (Å²) in [5.74, 6) is 0.893. The molecule has 0 atom stereocenters.